The van der Waals surface area contributed by atoms with Crippen molar-refractivity contribution in [3.05, 3.63) is 15.9 Å². The molecule has 0 fully saturated rings. The first-order valence-electron chi connectivity index (χ1n) is 7.41. The average Bonchev–Trinajstić information content (AvgIpc) is 2.72. The van der Waals surface area contributed by atoms with Gasteiger partial charge >= 0.3 is 6.18 Å². The van der Waals surface area contributed by atoms with Crippen LogP contribution in [0.3, 0.4) is 0 Å². The number of carbonyl (C=O) groups excluding carboxylic acids is 1. The number of hydrogen-bond donors (Lipinski definition) is 1. The van der Waals surface area contributed by atoms with Gasteiger partial charge in [0.25, 0.3) is 0 Å². The Kier molecular flexibility index (Phi) is 7.06. The molecule has 1 N–H and O–H groups in total. The number of hydrogen-bond acceptors (Lipinski definition) is 3. The Bertz CT molecular complexity index is 541. The predicted molar refractivity (Wildman–Crippen MR) is 85.1 cm³/mol. The monoisotopic (exact) mass is 398 g/mol. The molecule has 1 amide bonds. The van der Waals surface area contributed by atoms with Crippen LogP contribution >= 0.6 is 15.9 Å². The van der Waals surface area contributed by atoms with Crippen molar-refractivity contribution in [3.63, 3.8) is 0 Å². The molecule has 0 aliphatic carbocycles. The first kappa shape index (κ1) is 20.0. The Hall–Kier alpha value is -1.09. The minimum atomic E-state index is -4.55. The molecule has 0 bridgehead atoms. The Morgan fingerprint density at radius 1 is 1.39 bits per heavy atom. The largest absolute Gasteiger partial charge is 0.436 e. The molecule has 1 aromatic heterocycles. The maximum atomic E-state index is 12.8. The van der Waals surface area contributed by atoms with Crippen LogP contribution in [0, 0.1) is 6.92 Å². The van der Waals surface area contributed by atoms with Crippen LogP contribution < -0.4 is 5.32 Å². The topological polar surface area (TPSA) is 50.2 Å². The maximum absolute atomic E-state index is 12.8. The standard InChI is InChI=1S/C14H22BrF3N4O/c1-5-21(6-2)7-9(3)19-11(23)8-22-10(4)12(15)13(20-22)14(16,17)18/h9H,5-8H2,1-4H3,(H,19,23)/t9-/m0/s1. The molecule has 0 aliphatic heterocycles. The highest BCUT2D eigenvalue weighted by molar-refractivity contribution is 9.10. The van der Waals surface area contributed by atoms with E-state index in [1.54, 1.807) is 0 Å². The van der Waals surface area contributed by atoms with Crippen LogP contribution in [0.1, 0.15) is 32.2 Å². The lowest BCUT2D eigenvalue weighted by molar-refractivity contribution is -0.142. The van der Waals surface area contributed by atoms with Gasteiger partial charge in [-0.3, -0.25) is 9.48 Å². The summed E-state index contributed by atoms with van der Waals surface area (Å²) in [5, 5.41) is 6.28. The summed E-state index contributed by atoms with van der Waals surface area (Å²) in [5.41, 5.74) is -0.747. The molecule has 0 saturated carbocycles. The first-order chi connectivity index (χ1) is 10.6. The van der Waals surface area contributed by atoms with Gasteiger partial charge in [-0.2, -0.15) is 18.3 Å². The SMILES string of the molecule is CCN(CC)C[C@H](C)NC(=O)Cn1nc(C(F)(F)F)c(Br)c1C. The Balaban J connectivity index is 2.71. The summed E-state index contributed by atoms with van der Waals surface area (Å²) < 4.78 is 39.3. The Labute approximate surface area is 142 Å². The van der Waals surface area contributed by atoms with Crippen molar-refractivity contribution in [2.24, 2.45) is 0 Å². The number of likely N-dealkylation sites (N-methyl/N-ethyl adjacent to an activating group) is 1. The number of aromatic nitrogens is 2. The predicted octanol–water partition coefficient (Wildman–Crippen LogP) is 2.82. The minimum Gasteiger partial charge on any atom is -0.351 e. The van der Waals surface area contributed by atoms with Crippen LogP contribution in [-0.2, 0) is 17.5 Å². The fraction of sp³-hybridized carbons (Fsp3) is 0.714. The van der Waals surface area contributed by atoms with Gasteiger partial charge in [-0.15, -0.1) is 0 Å². The molecule has 1 heterocycles. The number of nitrogens with one attached hydrogen (secondary N) is 1. The summed E-state index contributed by atoms with van der Waals surface area (Å²) in [5.74, 6) is -0.364. The van der Waals surface area contributed by atoms with Crippen molar-refractivity contribution in [1.29, 1.82) is 0 Å². The number of halogens is 4. The van der Waals surface area contributed by atoms with E-state index in [-0.39, 0.29) is 28.7 Å². The fourth-order valence-electron chi connectivity index (χ4n) is 2.23. The maximum Gasteiger partial charge on any atom is 0.436 e. The average molecular weight is 399 g/mol. The molecule has 0 spiro atoms. The molecule has 0 aromatic carbocycles. The highest BCUT2D eigenvalue weighted by atomic mass is 79.9. The van der Waals surface area contributed by atoms with Crippen LogP contribution in [0.5, 0.6) is 0 Å². The lowest BCUT2D eigenvalue weighted by atomic mass is 10.3. The van der Waals surface area contributed by atoms with E-state index in [1.807, 2.05) is 20.8 Å². The molecule has 23 heavy (non-hydrogen) atoms. The molecule has 0 radical (unpaired) electrons. The van der Waals surface area contributed by atoms with E-state index in [2.05, 4.69) is 31.2 Å². The highest BCUT2D eigenvalue weighted by Gasteiger charge is 2.38. The van der Waals surface area contributed by atoms with Crippen molar-refractivity contribution >= 4 is 21.8 Å². The normalized spacial score (nSPS) is 13.4. The van der Waals surface area contributed by atoms with Gasteiger partial charge in [-0.05, 0) is 42.9 Å². The van der Waals surface area contributed by atoms with E-state index in [0.29, 0.717) is 6.54 Å². The van der Waals surface area contributed by atoms with Gasteiger partial charge < -0.3 is 10.2 Å². The van der Waals surface area contributed by atoms with Gasteiger partial charge in [0.1, 0.15) is 6.54 Å². The van der Waals surface area contributed by atoms with E-state index in [9.17, 15) is 18.0 Å². The van der Waals surface area contributed by atoms with Gasteiger partial charge in [-0.1, -0.05) is 13.8 Å². The number of carbonyl (C=O) groups is 1. The van der Waals surface area contributed by atoms with Gasteiger partial charge in [0.2, 0.25) is 5.91 Å². The molecule has 1 atom stereocenters. The van der Waals surface area contributed by atoms with Gasteiger partial charge in [-0.25, -0.2) is 0 Å². The van der Waals surface area contributed by atoms with E-state index in [0.717, 1.165) is 17.8 Å². The smallest absolute Gasteiger partial charge is 0.351 e. The summed E-state index contributed by atoms with van der Waals surface area (Å²) in [4.78, 5) is 14.2. The van der Waals surface area contributed by atoms with Crippen molar-refractivity contribution in [2.45, 2.75) is 46.5 Å². The second-order valence-corrected chi connectivity index (χ2v) is 6.15. The Morgan fingerprint density at radius 3 is 2.39 bits per heavy atom. The van der Waals surface area contributed by atoms with Crippen molar-refractivity contribution < 1.29 is 18.0 Å². The lowest BCUT2D eigenvalue weighted by Crippen LogP contribution is -2.43. The summed E-state index contributed by atoms with van der Waals surface area (Å²) >= 11 is 2.89. The molecule has 0 aliphatic rings. The second kappa shape index (κ2) is 8.14. The van der Waals surface area contributed by atoms with Crippen LogP contribution in [0.25, 0.3) is 0 Å². The van der Waals surface area contributed by atoms with E-state index in [4.69, 9.17) is 0 Å². The number of alkyl halides is 3. The third kappa shape index (κ3) is 5.49. The zero-order chi connectivity index (χ0) is 17.8. The minimum absolute atomic E-state index is 0.0937. The molecule has 1 rings (SSSR count). The highest BCUT2D eigenvalue weighted by Crippen LogP contribution is 2.35. The first-order valence-corrected chi connectivity index (χ1v) is 8.21. The zero-order valence-electron chi connectivity index (χ0n) is 13.7. The summed E-state index contributed by atoms with van der Waals surface area (Å²) in [6.07, 6.45) is -4.55. The van der Waals surface area contributed by atoms with Gasteiger partial charge in [0.15, 0.2) is 5.69 Å². The molecule has 0 saturated heterocycles. The summed E-state index contributed by atoms with van der Waals surface area (Å²) in [6.45, 7) is 9.59. The summed E-state index contributed by atoms with van der Waals surface area (Å²) in [6, 6.07) is -0.0937. The van der Waals surface area contributed by atoms with Gasteiger partial charge in [0, 0.05) is 12.6 Å². The lowest BCUT2D eigenvalue weighted by Gasteiger charge is -2.23. The van der Waals surface area contributed by atoms with Gasteiger partial charge in [0.05, 0.1) is 10.2 Å². The molecular weight excluding hydrogens is 377 g/mol. The van der Waals surface area contributed by atoms with Crippen molar-refractivity contribution in [3.8, 4) is 0 Å². The fourth-order valence-corrected chi connectivity index (χ4v) is 2.74. The van der Waals surface area contributed by atoms with E-state index in [1.165, 1.54) is 6.92 Å². The van der Waals surface area contributed by atoms with E-state index < -0.39 is 11.9 Å². The third-order valence-electron chi connectivity index (χ3n) is 3.53. The third-order valence-corrected chi connectivity index (χ3v) is 4.48. The number of amides is 1. The van der Waals surface area contributed by atoms with Crippen LogP contribution in [-0.4, -0.2) is 46.3 Å². The van der Waals surface area contributed by atoms with Crippen molar-refractivity contribution in [2.75, 3.05) is 19.6 Å². The molecule has 9 heteroatoms. The van der Waals surface area contributed by atoms with E-state index >= 15 is 0 Å². The summed E-state index contributed by atoms with van der Waals surface area (Å²) in [7, 11) is 0. The molecular formula is C14H22BrF3N4O. The number of rotatable bonds is 7. The van der Waals surface area contributed by atoms with Crippen LogP contribution in [0.15, 0.2) is 4.47 Å². The molecule has 0 unspecified atom stereocenters. The van der Waals surface area contributed by atoms with Crippen molar-refractivity contribution in [1.82, 2.24) is 20.0 Å². The molecule has 132 valence electrons. The second-order valence-electron chi connectivity index (χ2n) is 5.36. The Morgan fingerprint density at radius 2 is 1.96 bits per heavy atom. The molecule has 1 aromatic rings. The van der Waals surface area contributed by atoms with Crippen LogP contribution in [0.4, 0.5) is 13.2 Å². The quantitative estimate of drug-likeness (QED) is 0.767. The molecule has 5 nitrogen and oxygen atoms in total. The zero-order valence-corrected chi connectivity index (χ0v) is 15.3. The van der Waals surface area contributed by atoms with Crippen LogP contribution in [0.2, 0.25) is 0 Å². The number of nitrogens with zero attached hydrogens (tertiary/aromatic N) is 3.